The molecule has 0 amide bonds. The summed E-state index contributed by atoms with van der Waals surface area (Å²) >= 11 is 0. The van der Waals surface area contributed by atoms with Crippen LogP contribution in [0.25, 0.3) is 0 Å². The maximum Gasteiger partial charge on any atom is 0.306 e. The highest BCUT2D eigenvalue weighted by Gasteiger charge is 2.19. The number of carbonyl (C=O) groups excluding carboxylic acids is 3. The monoisotopic (exact) mass is 1000 g/mol. The van der Waals surface area contributed by atoms with Crippen LogP contribution >= 0.6 is 0 Å². The lowest BCUT2D eigenvalue weighted by Crippen LogP contribution is -2.30. The van der Waals surface area contributed by atoms with E-state index in [0.29, 0.717) is 19.3 Å². The van der Waals surface area contributed by atoms with E-state index in [1.54, 1.807) is 0 Å². The van der Waals surface area contributed by atoms with Crippen molar-refractivity contribution in [1.82, 2.24) is 0 Å². The Hall–Kier alpha value is -3.67. The van der Waals surface area contributed by atoms with Crippen molar-refractivity contribution >= 4 is 17.9 Å². The largest absolute Gasteiger partial charge is 0.462 e. The summed E-state index contributed by atoms with van der Waals surface area (Å²) in [6.45, 7) is 6.47. The molecule has 0 aliphatic carbocycles. The first-order chi connectivity index (χ1) is 35.5. The van der Waals surface area contributed by atoms with Crippen LogP contribution in [0.3, 0.4) is 0 Å². The molecule has 0 spiro atoms. The first kappa shape index (κ1) is 68.3. The van der Waals surface area contributed by atoms with Crippen LogP contribution < -0.4 is 0 Å². The topological polar surface area (TPSA) is 78.9 Å². The second-order valence-corrected chi connectivity index (χ2v) is 20.1. The third kappa shape index (κ3) is 57.2. The minimum Gasteiger partial charge on any atom is -0.462 e. The molecule has 0 aliphatic heterocycles. The smallest absolute Gasteiger partial charge is 0.306 e. The molecule has 0 aromatic carbocycles. The van der Waals surface area contributed by atoms with E-state index in [9.17, 15) is 14.4 Å². The summed E-state index contributed by atoms with van der Waals surface area (Å²) in [6, 6.07) is 0. The van der Waals surface area contributed by atoms with E-state index < -0.39 is 6.10 Å². The van der Waals surface area contributed by atoms with E-state index in [-0.39, 0.29) is 31.1 Å². The van der Waals surface area contributed by atoms with Crippen molar-refractivity contribution in [2.24, 2.45) is 0 Å². The van der Waals surface area contributed by atoms with E-state index in [1.807, 2.05) is 60.8 Å². The number of unbranched alkanes of at least 4 members (excludes halogenated alkanes) is 33. The Morgan fingerprint density at radius 3 is 0.875 bits per heavy atom. The Labute approximate surface area is 445 Å². The van der Waals surface area contributed by atoms with Crippen LogP contribution in [0.5, 0.6) is 0 Å². The predicted octanol–water partition coefficient (Wildman–Crippen LogP) is 20.5. The number of allylic oxidation sites excluding steroid dienone is 16. The molecule has 1 atom stereocenters. The lowest BCUT2D eigenvalue weighted by molar-refractivity contribution is -0.167. The molecule has 0 fully saturated rings. The fourth-order valence-corrected chi connectivity index (χ4v) is 8.47. The second-order valence-electron chi connectivity index (χ2n) is 20.1. The van der Waals surface area contributed by atoms with Gasteiger partial charge in [0.2, 0.25) is 0 Å². The number of esters is 3. The van der Waals surface area contributed by atoms with E-state index >= 15 is 0 Å². The van der Waals surface area contributed by atoms with Gasteiger partial charge in [0, 0.05) is 19.3 Å². The minimum absolute atomic E-state index is 0.0969. The fraction of sp³-hybridized carbons (Fsp3) is 0.712. The molecule has 0 bridgehead atoms. The molecule has 0 aliphatic rings. The van der Waals surface area contributed by atoms with Crippen molar-refractivity contribution in [3.8, 4) is 0 Å². The Bertz CT molecular complexity index is 1430. The van der Waals surface area contributed by atoms with Crippen LogP contribution in [0, 0.1) is 0 Å². The van der Waals surface area contributed by atoms with Gasteiger partial charge in [-0.2, -0.15) is 0 Å². The first-order valence-electron chi connectivity index (χ1n) is 30.3. The quantitative estimate of drug-likeness (QED) is 0.0261. The van der Waals surface area contributed by atoms with Crippen molar-refractivity contribution < 1.29 is 28.6 Å². The van der Waals surface area contributed by atoms with Crippen molar-refractivity contribution in [2.75, 3.05) is 13.2 Å². The van der Waals surface area contributed by atoms with Crippen LogP contribution in [0.2, 0.25) is 0 Å². The summed E-state index contributed by atoms with van der Waals surface area (Å²) in [4.78, 5) is 38.2. The average Bonchev–Trinajstić information content (AvgIpc) is 3.38. The first-order valence-corrected chi connectivity index (χ1v) is 30.3. The summed E-state index contributed by atoms with van der Waals surface area (Å²) in [5, 5.41) is 0. The molecule has 6 nitrogen and oxygen atoms in total. The Morgan fingerprint density at radius 2 is 0.542 bits per heavy atom. The fourth-order valence-electron chi connectivity index (χ4n) is 8.47. The summed E-state index contributed by atoms with van der Waals surface area (Å²) < 4.78 is 16.9. The molecule has 0 radical (unpaired) electrons. The number of rotatable bonds is 54. The van der Waals surface area contributed by atoms with Crippen LogP contribution in [0.15, 0.2) is 97.2 Å². The van der Waals surface area contributed by atoms with E-state index in [1.165, 1.54) is 154 Å². The van der Waals surface area contributed by atoms with Gasteiger partial charge in [0.15, 0.2) is 6.10 Å². The van der Waals surface area contributed by atoms with Crippen molar-refractivity contribution in [3.63, 3.8) is 0 Å². The van der Waals surface area contributed by atoms with Gasteiger partial charge < -0.3 is 14.2 Å². The van der Waals surface area contributed by atoms with Gasteiger partial charge >= 0.3 is 17.9 Å². The Kier molecular flexibility index (Phi) is 56.8. The molecule has 0 aromatic rings. The lowest BCUT2D eigenvalue weighted by Gasteiger charge is -2.18. The normalized spacial score (nSPS) is 12.8. The highest BCUT2D eigenvalue weighted by molar-refractivity contribution is 5.71. The van der Waals surface area contributed by atoms with Gasteiger partial charge in [-0.3, -0.25) is 14.4 Å². The summed E-state index contributed by atoms with van der Waals surface area (Å²) in [7, 11) is 0. The SMILES string of the molecule is CC\C=C/C=C\C=C/C=C\C=C\C=C/CCCCCC(=O)OCC(COC(=O)CCCCCCCCCCCCCCCCCCCCC)OC(=O)CCCCCCC/C=C\C=C/CCCCCCCCC. The zero-order valence-electron chi connectivity index (χ0n) is 47.2. The number of ether oxygens (including phenoxy) is 3. The molecular formula is C66H112O6. The molecule has 6 heteroatoms. The number of carbonyl (C=O) groups is 3. The molecule has 0 saturated heterocycles. The summed E-state index contributed by atoms with van der Waals surface area (Å²) in [5.74, 6) is -0.949. The van der Waals surface area contributed by atoms with E-state index in [2.05, 4.69) is 57.2 Å². The molecular weight excluding hydrogens is 889 g/mol. The van der Waals surface area contributed by atoms with Gasteiger partial charge in [-0.15, -0.1) is 0 Å². The zero-order valence-corrected chi connectivity index (χ0v) is 47.2. The highest BCUT2D eigenvalue weighted by atomic mass is 16.6. The van der Waals surface area contributed by atoms with Gasteiger partial charge in [0.1, 0.15) is 13.2 Å². The van der Waals surface area contributed by atoms with Gasteiger partial charge in [-0.05, 0) is 64.2 Å². The third-order valence-electron chi connectivity index (χ3n) is 13.0. The summed E-state index contributed by atoms with van der Waals surface area (Å²) in [5.41, 5.74) is 0. The van der Waals surface area contributed by atoms with Crippen LogP contribution in [0.1, 0.15) is 284 Å². The highest BCUT2D eigenvalue weighted by Crippen LogP contribution is 2.16. The molecule has 1 unspecified atom stereocenters. The standard InChI is InChI=1S/C66H112O6/c1-4-7-10-13-16-19-22-25-28-31-33-36-38-41-44-47-50-53-56-59-65(68)71-62-63(61-70-64(67)58-55-52-49-46-43-40-37-34-30-27-24-21-18-15-12-9-6-3)72-66(69)60-57-54-51-48-45-42-39-35-32-29-26-23-20-17-14-11-8-5-2/h9,12,15,18,21,24,27,29-30,32,34-35,37,39-40,43,63H,4-8,10-11,13-14,16-17,19-20,22-23,25-26,28,31,33,36,38,41-42,44-62H2,1-3H3/b12-9-,18-15-,24-21-,30-27-,32-29-,37-34+,39-35-,43-40-. The molecule has 0 rings (SSSR count). The van der Waals surface area contributed by atoms with Gasteiger partial charge in [-0.25, -0.2) is 0 Å². The van der Waals surface area contributed by atoms with Crippen molar-refractivity contribution in [2.45, 2.75) is 290 Å². The lowest BCUT2D eigenvalue weighted by atomic mass is 10.0. The van der Waals surface area contributed by atoms with Crippen molar-refractivity contribution in [3.05, 3.63) is 97.2 Å². The van der Waals surface area contributed by atoms with Crippen LogP contribution in [-0.2, 0) is 28.6 Å². The predicted molar refractivity (Wildman–Crippen MR) is 311 cm³/mol. The molecule has 0 saturated carbocycles. The molecule has 72 heavy (non-hydrogen) atoms. The van der Waals surface area contributed by atoms with Gasteiger partial charge in [0.25, 0.3) is 0 Å². The minimum atomic E-state index is -0.805. The zero-order chi connectivity index (χ0) is 52.2. The van der Waals surface area contributed by atoms with Gasteiger partial charge in [0.05, 0.1) is 0 Å². The van der Waals surface area contributed by atoms with Crippen LogP contribution in [0.4, 0.5) is 0 Å². The molecule has 0 heterocycles. The summed E-state index contributed by atoms with van der Waals surface area (Å²) in [6.07, 6.45) is 79.7. The Morgan fingerprint density at radius 1 is 0.292 bits per heavy atom. The average molecular weight is 1000 g/mol. The third-order valence-corrected chi connectivity index (χ3v) is 13.0. The maximum atomic E-state index is 12.9. The number of hydrogen-bond donors (Lipinski definition) is 0. The molecule has 0 N–H and O–H groups in total. The number of hydrogen-bond acceptors (Lipinski definition) is 6. The maximum absolute atomic E-state index is 12.9. The van der Waals surface area contributed by atoms with E-state index in [0.717, 1.165) is 89.9 Å². The van der Waals surface area contributed by atoms with Crippen LogP contribution in [-0.4, -0.2) is 37.2 Å². The molecule has 0 aromatic heterocycles. The molecule has 412 valence electrons. The van der Waals surface area contributed by atoms with Crippen molar-refractivity contribution in [1.29, 1.82) is 0 Å². The van der Waals surface area contributed by atoms with Gasteiger partial charge in [-0.1, -0.05) is 298 Å². The second kappa shape index (κ2) is 59.9. The Balaban J connectivity index is 4.47. The van der Waals surface area contributed by atoms with E-state index in [4.69, 9.17) is 14.2 Å².